The van der Waals surface area contributed by atoms with Crippen LogP contribution >= 0.6 is 0 Å². The van der Waals surface area contributed by atoms with Crippen molar-refractivity contribution < 1.29 is 22.7 Å². The van der Waals surface area contributed by atoms with Crippen LogP contribution in [0.2, 0.25) is 0 Å². The van der Waals surface area contributed by atoms with Crippen molar-refractivity contribution >= 4 is 26.8 Å². The third kappa shape index (κ3) is 5.09. The third-order valence-electron chi connectivity index (χ3n) is 5.25. The molecule has 0 atom stereocenters. The first-order chi connectivity index (χ1) is 15.2. The number of rotatable bonds is 11. The van der Waals surface area contributed by atoms with E-state index >= 15 is 0 Å². The second-order valence-corrected chi connectivity index (χ2v) is 9.11. The number of aromatic nitrogens is 1. The molecule has 0 aliphatic heterocycles. The lowest BCUT2D eigenvalue weighted by Crippen LogP contribution is -2.38. The molecule has 0 saturated carbocycles. The van der Waals surface area contributed by atoms with Crippen molar-refractivity contribution in [3.63, 3.8) is 0 Å². The van der Waals surface area contributed by atoms with E-state index in [-0.39, 0.29) is 22.4 Å². The standard InChI is InChI=1S/C22H31N3O6S/c1-7-12-24-14-18(22(27)23(4)15-20(30-5)31-6)21(26)17-13-16(10-11-19(17)24)32(28,29)25(8-2)9-3/h7,10-11,13-14,20H,1,8-9,12,15H2,2-6H3. The molecule has 0 radical (unpaired) electrons. The van der Waals surface area contributed by atoms with Crippen molar-refractivity contribution in [2.45, 2.75) is 31.6 Å². The van der Waals surface area contributed by atoms with Crippen LogP contribution in [0.4, 0.5) is 0 Å². The van der Waals surface area contributed by atoms with Crippen molar-refractivity contribution in [2.75, 3.05) is 40.9 Å². The van der Waals surface area contributed by atoms with Gasteiger partial charge in [-0.1, -0.05) is 19.9 Å². The van der Waals surface area contributed by atoms with Gasteiger partial charge in [0.25, 0.3) is 5.91 Å². The van der Waals surface area contributed by atoms with Crippen LogP contribution in [0.5, 0.6) is 0 Å². The highest BCUT2D eigenvalue weighted by Gasteiger charge is 2.25. The highest BCUT2D eigenvalue weighted by atomic mass is 32.2. The lowest BCUT2D eigenvalue weighted by Gasteiger charge is -2.23. The second-order valence-electron chi connectivity index (χ2n) is 7.17. The van der Waals surface area contributed by atoms with Gasteiger partial charge in [-0.3, -0.25) is 9.59 Å². The van der Waals surface area contributed by atoms with Crippen LogP contribution in [0.1, 0.15) is 24.2 Å². The predicted molar refractivity (Wildman–Crippen MR) is 123 cm³/mol. The van der Waals surface area contributed by atoms with Gasteiger partial charge in [0.05, 0.1) is 17.0 Å². The molecule has 32 heavy (non-hydrogen) atoms. The summed E-state index contributed by atoms with van der Waals surface area (Å²) in [5, 5.41) is 0.148. The quantitative estimate of drug-likeness (QED) is 0.371. The number of carbonyl (C=O) groups is 1. The summed E-state index contributed by atoms with van der Waals surface area (Å²) in [5.74, 6) is -0.522. The SMILES string of the molecule is C=CCn1cc(C(=O)N(C)CC(OC)OC)c(=O)c2cc(S(=O)(=O)N(CC)CC)ccc21. The van der Waals surface area contributed by atoms with Gasteiger partial charge in [0.1, 0.15) is 5.56 Å². The summed E-state index contributed by atoms with van der Waals surface area (Å²) in [7, 11) is 0.679. The number of amides is 1. The minimum absolute atomic E-state index is 0.00716. The Balaban J connectivity index is 2.68. The zero-order valence-corrected chi connectivity index (χ0v) is 20.0. The van der Waals surface area contributed by atoms with Crippen LogP contribution in [-0.2, 0) is 26.0 Å². The fourth-order valence-corrected chi connectivity index (χ4v) is 4.93. The largest absolute Gasteiger partial charge is 0.354 e. The van der Waals surface area contributed by atoms with Crippen molar-refractivity contribution in [1.82, 2.24) is 13.8 Å². The normalized spacial score (nSPS) is 12.0. The van der Waals surface area contributed by atoms with E-state index in [0.29, 0.717) is 25.2 Å². The van der Waals surface area contributed by atoms with E-state index < -0.39 is 27.6 Å². The number of carbonyl (C=O) groups excluding carboxylic acids is 1. The van der Waals surface area contributed by atoms with Crippen LogP contribution in [0.25, 0.3) is 10.9 Å². The van der Waals surface area contributed by atoms with E-state index in [0.717, 1.165) is 0 Å². The molecule has 0 saturated heterocycles. The van der Waals surface area contributed by atoms with Crippen molar-refractivity contribution in [3.05, 3.63) is 52.8 Å². The van der Waals surface area contributed by atoms with E-state index in [2.05, 4.69) is 6.58 Å². The number of methoxy groups -OCH3 is 2. The van der Waals surface area contributed by atoms with Gasteiger partial charge >= 0.3 is 0 Å². The molecule has 0 spiro atoms. The van der Waals surface area contributed by atoms with Crippen LogP contribution < -0.4 is 5.43 Å². The molecule has 176 valence electrons. The van der Waals surface area contributed by atoms with E-state index in [1.807, 2.05) is 0 Å². The van der Waals surface area contributed by atoms with E-state index in [1.165, 1.54) is 48.8 Å². The number of nitrogens with zero attached hydrogens (tertiary/aromatic N) is 3. The summed E-state index contributed by atoms with van der Waals surface area (Å²) < 4.78 is 39.2. The average molecular weight is 466 g/mol. The Bertz CT molecular complexity index is 1130. The number of pyridine rings is 1. The summed E-state index contributed by atoms with van der Waals surface area (Å²) in [5.41, 5.74) is -0.107. The minimum Gasteiger partial charge on any atom is -0.354 e. The Labute approximate surface area is 188 Å². The van der Waals surface area contributed by atoms with Gasteiger partial charge in [0.2, 0.25) is 15.5 Å². The van der Waals surface area contributed by atoms with Crippen LogP contribution in [0, 0.1) is 0 Å². The van der Waals surface area contributed by atoms with Gasteiger partial charge in [0.15, 0.2) is 6.29 Å². The first-order valence-electron chi connectivity index (χ1n) is 10.2. The van der Waals surface area contributed by atoms with Gasteiger partial charge < -0.3 is 18.9 Å². The van der Waals surface area contributed by atoms with Gasteiger partial charge in [0, 0.05) is 52.5 Å². The van der Waals surface area contributed by atoms with E-state index in [4.69, 9.17) is 9.47 Å². The third-order valence-corrected chi connectivity index (χ3v) is 7.29. The van der Waals surface area contributed by atoms with E-state index in [1.54, 1.807) is 30.6 Å². The topological polar surface area (TPSA) is 98.1 Å². The summed E-state index contributed by atoms with van der Waals surface area (Å²) in [6.07, 6.45) is 2.46. The molecule has 0 bridgehead atoms. The number of hydrogen-bond acceptors (Lipinski definition) is 6. The second kappa shape index (κ2) is 10.9. The Morgan fingerprint density at radius 2 is 1.84 bits per heavy atom. The maximum atomic E-state index is 13.3. The average Bonchev–Trinajstić information content (AvgIpc) is 2.79. The smallest absolute Gasteiger partial charge is 0.259 e. The molecular weight excluding hydrogens is 434 g/mol. The summed E-state index contributed by atoms with van der Waals surface area (Å²) >= 11 is 0. The number of ether oxygens (including phenoxy) is 2. The highest BCUT2D eigenvalue weighted by Crippen LogP contribution is 2.21. The van der Waals surface area contributed by atoms with Crippen LogP contribution in [0.15, 0.2) is 46.7 Å². The van der Waals surface area contributed by atoms with Crippen molar-refractivity contribution in [1.29, 1.82) is 0 Å². The molecule has 10 heteroatoms. The van der Waals surface area contributed by atoms with Gasteiger partial charge in [-0.15, -0.1) is 6.58 Å². The molecule has 0 N–H and O–H groups in total. The molecule has 1 heterocycles. The number of fused-ring (bicyclic) bond motifs is 1. The monoisotopic (exact) mass is 465 g/mol. The predicted octanol–water partition coefficient (Wildman–Crippen LogP) is 1.91. The highest BCUT2D eigenvalue weighted by molar-refractivity contribution is 7.89. The summed E-state index contributed by atoms with van der Waals surface area (Å²) in [6, 6.07) is 4.40. The molecule has 1 aromatic heterocycles. The van der Waals surface area contributed by atoms with Gasteiger partial charge in [-0.25, -0.2) is 8.42 Å². The Morgan fingerprint density at radius 3 is 2.38 bits per heavy atom. The Kier molecular flexibility index (Phi) is 8.73. The van der Waals surface area contributed by atoms with E-state index in [9.17, 15) is 18.0 Å². The molecule has 1 aromatic carbocycles. The lowest BCUT2D eigenvalue weighted by molar-refractivity contribution is -0.110. The first kappa shape index (κ1) is 25.7. The van der Waals surface area contributed by atoms with Crippen LogP contribution in [-0.4, -0.2) is 75.3 Å². The lowest BCUT2D eigenvalue weighted by atomic mass is 10.1. The molecule has 2 aromatic rings. The fraction of sp³-hybridized carbons (Fsp3) is 0.455. The molecule has 0 unspecified atom stereocenters. The van der Waals surface area contributed by atoms with Gasteiger partial charge in [-0.2, -0.15) is 4.31 Å². The number of allylic oxidation sites excluding steroid dienone is 1. The fourth-order valence-electron chi connectivity index (χ4n) is 3.45. The minimum atomic E-state index is -3.77. The maximum absolute atomic E-state index is 13.3. The first-order valence-corrected chi connectivity index (χ1v) is 11.7. The number of sulfonamides is 1. The molecule has 9 nitrogen and oxygen atoms in total. The summed E-state index contributed by atoms with van der Waals surface area (Å²) in [4.78, 5) is 27.7. The molecule has 1 amide bonds. The number of likely N-dealkylation sites (N-methyl/N-ethyl adjacent to an activating group) is 1. The Hall–Kier alpha value is -2.53. The molecule has 0 aliphatic rings. The molecule has 0 aliphatic carbocycles. The maximum Gasteiger partial charge on any atom is 0.259 e. The number of benzene rings is 1. The summed E-state index contributed by atoms with van der Waals surface area (Å²) in [6.45, 7) is 8.29. The zero-order valence-electron chi connectivity index (χ0n) is 19.2. The molecule has 2 rings (SSSR count). The number of hydrogen-bond donors (Lipinski definition) is 0. The van der Waals surface area contributed by atoms with Crippen molar-refractivity contribution in [2.24, 2.45) is 0 Å². The zero-order chi connectivity index (χ0) is 24.1. The molecular formula is C22H31N3O6S. The van der Waals surface area contributed by atoms with Crippen molar-refractivity contribution in [3.8, 4) is 0 Å². The Morgan fingerprint density at radius 1 is 1.22 bits per heavy atom. The van der Waals surface area contributed by atoms with Crippen LogP contribution in [0.3, 0.4) is 0 Å². The molecule has 0 fully saturated rings. The van der Waals surface area contributed by atoms with Gasteiger partial charge in [-0.05, 0) is 18.2 Å².